The van der Waals surface area contributed by atoms with Crippen LogP contribution in [0, 0.1) is 0 Å². The van der Waals surface area contributed by atoms with E-state index in [-0.39, 0.29) is 16.5 Å². The van der Waals surface area contributed by atoms with Crippen LogP contribution < -0.4 is 24.3 Å². The predicted molar refractivity (Wildman–Crippen MR) is 121 cm³/mol. The summed E-state index contributed by atoms with van der Waals surface area (Å²) in [6.45, 7) is 5.83. The van der Waals surface area contributed by atoms with Crippen LogP contribution in [-0.2, 0) is 9.59 Å². The number of carbonyl (C=O) groups is 2. The number of nitrogens with zero attached hydrogens (tertiary/aromatic N) is 2. The first-order valence-corrected chi connectivity index (χ1v) is 10.3. The number of nitrogens with one attached hydrogen (secondary N) is 1. The Hall–Kier alpha value is -3.33. The fraction of sp³-hybridized carbons (Fsp3) is 0.364. The summed E-state index contributed by atoms with van der Waals surface area (Å²) >= 11 is 6.22. The molecule has 172 valence electrons. The van der Waals surface area contributed by atoms with Crippen molar-refractivity contribution in [2.45, 2.75) is 26.8 Å². The second-order valence-electron chi connectivity index (χ2n) is 6.37. The second-order valence-corrected chi connectivity index (χ2v) is 6.78. The Balaban J connectivity index is 2.33. The van der Waals surface area contributed by atoms with E-state index in [1.807, 2.05) is 13.8 Å². The first-order chi connectivity index (χ1) is 15.4. The van der Waals surface area contributed by atoms with Crippen LogP contribution in [-0.4, -0.2) is 45.2 Å². The van der Waals surface area contributed by atoms with Crippen LogP contribution in [0.25, 0.3) is 0 Å². The molecule has 0 radical (unpaired) electrons. The molecule has 1 atom stereocenters. The monoisotopic (exact) mass is 463 g/mol. The van der Waals surface area contributed by atoms with Gasteiger partial charge in [-0.3, -0.25) is 9.59 Å². The highest BCUT2D eigenvalue weighted by Gasteiger charge is 2.26. The maximum Gasteiger partial charge on any atom is 0.258 e. The molecule has 0 spiro atoms. The van der Waals surface area contributed by atoms with Gasteiger partial charge in [-0.1, -0.05) is 11.6 Å². The van der Waals surface area contributed by atoms with Crippen molar-refractivity contribution >= 4 is 34.7 Å². The quantitative estimate of drug-likeness (QED) is 0.377. The molecule has 2 aromatic rings. The summed E-state index contributed by atoms with van der Waals surface area (Å²) in [6.07, 6.45) is 0. The van der Waals surface area contributed by atoms with Crippen LogP contribution in [0.4, 0.5) is 11.4 Å². The first-order valence-electron chi connectivity index (χ1n) is 9.88. The van der Waals surface area contributed by atoms with Crippen LogP contribution >= 0.6 is 11.6 Å². The average Bonchev–Trinajstić information content (AvgIpc) is 2.76. The van der Waals surface area contributed by atoms with E-state index in [0.29, 0.717) is 36.1 Å². The van der Waals surface area contributed by atoms with Gasteiger partial charge in [0.05, 0.1) is 32.5 Å². The SMILES string of the molecule is CCOc1ccc(N=NC(C(C)=O)C(=O)Nc2c(Cl)ccc(OC)c2OC)c(OCC)c1. The molecular weight excluding hydrogens is 438 g/mol. The van der Waals surface area contributed by atoms with Crippen molar-refractivity contribution in [1.82, 2.24) is 0 Å². The summed E-state index contributed by atoms with van der Waals surface area (Å²) in [4.78, 5) is 25.0. The highest BCUT2D eigenvalue weighted by Crippen LogP contribution is 2.40. The third-order valence-electron chi connectivity index (χ3n) is 4.20. The lowest BCUT2D eigenvalue weighted by Crippen LogP contribution is -2.32. The zero-order chi connectivity index (χ0) is 23.7. The highest BCUT2D eigenvalue weighted by atomic mass is 35.5. The molecular formula is C22H26ClN3O6. The molecule has 0 saturated carbocycles. The van der Waals surface area contributed by atoms with E-state index in [9.17, 15) is 9.59 Å². The Morgan fingerprint density at radius 2 is 1.75 bits per heavy atom. The minimum atomic E-state index is -1.41. The van der Waals surface area contributed by atoms with Crippen molar-refractivity contribution in [3.63, 3.8) is 0 Å². The van der Waals surface area contributed by atoms with Gasteiger partial charge in [0.15, 0.2) is 17.3 Å². The number of ketones is 1. The maximum atomic E-state index is 12.9. The van der Waals surface area contributed by atoms with Gasteiger partial charge >= 0.3 is 0 Å². The Kier molecular flexibility index (Phi) is 9.27. The maximum absolute atomic E-state index is 12.9. The number of benzene rings is 2. The van der Waals surface area contributed by atoms with Crippen LogP contribution in [0.5, 0.6) is 23.0 Å². The van der Waals surface area contributed by atoms with Crippen molar-refractivity contribution in [2.24, 2.45) is 10.2 Å². The van der Waals surface area contributed by atoms with Crippen LogP contribution in [0.2, 0.25) is 5.02 Å². The number of carbonyl (C=O) groups excluding carboxylic acids is 2. The molecule has 0 aromatic heterocycles. The second kappa shape index (κ2) is 11.9. The Morgan fingerprint density at radius 3 is 2.34 bits per heavy atom. The number of methoxy groups -OCH3 is 2. The molecule has 2 rings (SSSR count). The molecule has 0 heterocycles. The third-order valence-corrected chi connectivity index (χ3v) is 4.51. The number of azo groups is 1. The topological polar surface area (TPSA) is 108 Å². The van der Waals surface area contributed by atoms with E-state index < -0.39 is 17.7 Å². The predicted octanol–water partition coefficient (Wildman–Crippen LogP) is 4.83. The molecule has 1 unspecified atom stereocenters. The molecule has 0 aliphatic rings. The fourth-order valence-corrected chi connectivity index (χ4v) is 2.95. The van der Waals surface area contributed by atoms with Crippen molar-refractivity contribution < 1.29 is 28.5 Å². The van der Waals surface area contributed by atoms with Gasteiger partial charge in [-0.05, 0) is 45.0 Å². The lowest BCUT2D eigenvalue weighted by Gasteiger charge is -2.16. The van der Waals surface area contributed by atoms with Crippen LogP contribution in [0.1, 0.15) is 20.8 Å². The van der Waals surface area contributed by atoms with Crippen molar-refractivity contribution in [3.05, 3.63) is 35.4 Å². The van der Waals surface area contributed by atoms with Gasteiger partial charge in [0.25, 0.3) is 5.91 Å². The van der Waals surface area contributed by atoms with E-state index in [1.165, 1.54) is 27.2 Å². The number of rotatable bonds is 11. The van der Waals surface area contributed by atoms with Gasteiger partial charge in [0.1, 0.15) is 22.9 Å². The van der Waals surface area contributed by atoms with E-state index in [2.05, 4.69) is 15.5 Å². The van der Waals surface area contributed by atoms with Crippen LogP contribution in [0.15, 0.2) is 40.6 Å². The number of hydrogen-bond acceptors (Lipinski definition) is 8. The van der Waals surface area contributed by atoms with E-state index >= 15 is 0 Å². The van der Waals surface area contributed by atoms with E-state index in [4.69, 9.17) is 30.5 Å². The lowest BCUT2D eigenvalue weighted by molar-refractivity contribution is -0.126. The largest absolute Gasteiger partial charge is 0.494 e. The van der Waals surface area contributed by atoms with Gasteiger partial charge in [0, 0.05) is 6.07 Å². The van der Waals surface area contributed by atoms with E-state index in [1.54, 1.807) is 24.3 Å². The standard InChI is InChI=1S/C22H26ClN3O6/c1-6-31-14-8-10-16(18(12-14)32-7-2)25-26-19(13(3)27)22(28)24-20-15(23)9-11-17(29-4)21(20)30-5/h8-12,19H,6-7H2,1-5H3,(H,24,28). The number of amides is 1. The summed E-state index contributed by atoms with van der Waals surface area (Å²) in [6, 6.07) is 6.73. The minimum absolute atomic E-state index is 0.163. The molecule has 1 N–H and O–H groups in total. The molecule has 0 aliphatic carbocycles. The average molecular weight is 464 g/mol. The number of Topliss-reactive ketones (excluding diaryl/α,β-unsaturated/α-hetero) is 1. The molecule has 32 heavy (non-hydrogen) atoms. The van der Waals surface area contributed by atoms with Gasteiger partial charge in [0.2, 0.25) is 6.04 Å². The Morgan fingerprint density at radius 1 is 1.03 bits per heavy atom. The zero-order valence-electron chi connectivity index (χ0n) is 18.6. The van der Waals surface area contributed by atoms with Gasteiger partial charge in [-0.2, -0.15) is 10.2 Å². The van der Waals surface area contributed by atoms with Gasteiger partial charge < -0.3 is 24.3 Å². The van der Waals surface area contributed by atoms with E-state index in [0.717, 1.165) is 0 Å². The Labute approximate surface area is 191 Å². The fourth-order valence-electron chi connectivity index (χ4n) is 2.75. The molecule has 9 nitrogen and oxygen atoms in total. The zero-order valence-corrected chi connectivity index (χ0v) is 19.4. The summed E-state index contributed by atoms with van der Waals surface area (Å²) in [5, 5.41) is 10.8. The van der Waals surface area contributed by atoms with Crippen molar-refractivity contribution in [2.75, 3.05) is 32.8 Å². The molecule has 0 aliphatic heterocycles. The number of halogens is 1. The third kappa shape index (κ3) is 6.10. The number of hydrogen-bond donors (Lipinski definition) is 1. The van der Waals surface area contributed by atoms with Gasteiger partial charge in [-0.15, -0.1) is 0 Å². The van der Waals surface area contributed by atoms with Crippen molar-refractivity contribution in [3.8, 4) is 23.0 Å². The molecule has 0 bridgehead atoms. The summed E-state index contributed by atoms with van der Waals surface area (Å²) in [5.74, 6) is 0.381. The normalized spacial score (nSPS) is 11.7. The summed E-state index contributed by atoms with van der Waals surface area (Å²) in [5.41, 5.74) is 0.516. The summed E-state index contributed by atoms with van der Waals surface area (Å²) in [7, 11) is 2.86. The molecule has 0 fully saturated rings. The number of anilines is 1. The number of ether oxygens (including phenoxy) is 4. The molecule has 2 aromatic carbocycles. The van der Waals surface area contributed by atoms with Crippen molar-refractivity contribution in [1.29, 1.82) is 0 Å². The molecule has 10 heteroatoms. The van der Waals surface area contributed by atoms with Crippen LogP contribution in [0.3, 0.4) is 0 Å². The lowest BCUT2D eigenvalue weighted by atomic mass is 10.2. The van der Waals surface area contributed by atoms with Gasteiger partial charge in [-0.25, -0.2) is 0 Å². The molecule has 0 saturated heterocycles. The highest BCUT2D eigenvalue weighted by molar-refractivity contribution is 6.34. The first kappa shape index (κ1) is 24.9. The minimum Gasteiger partial charge on any atom is -0.494 e. The summed E-state index contributed by atoms with van der Waals surface area (Å²) < 4.78 is 21.6. The smallest absolute Gasteiger partial charge is 0.258 e. The molecule has 1 amide bonds. The Bertz CT molecular complexity index is 996.